The number of fused-ring (bicyclic) bond motifs is 1. The van der Waals surface area contributed by atoms with Crippen molar-refractivity contribution < 1.29 is 0 Å². The molecule has 3 heteroatoms. The molecule has 1 heterocycles. The van der Waals surface area contributed by atoms with E-state index in [1.807, 2.05) is 24.3 Å². The standard InChI is InChI=1S/C6H5N2S/c1-2-4-6-5(3-1)7-9-8-6/h1-4,7H. The Hall–Kier alpha value is -0.830. The van der Waals surface area contributed by atoms with E-state index in [1.54, 1.807) is 0 Å². The van der Waals surface area contributed by atoms with E-state index in [2.05, 4.69) is 9.44 Å². The molecule has 1 aliphatic heterocycles. The van der Waals surface area contributed by atoms with Gasteiger partial charge in [-0.15, -0.1) is 0 Å². The third-order valence-corrected chi connectivity index (χ3v) is 1.80. The number of nitrogens with one attached hydrogen (secondary N) is 1. The van der Waals surface area contributed by atoms with Crippen LogP contribution in [-0.4, -0.2) is 0 Å². The first-order valence-electron chi connectivity index (χ1n) is 2.69. The summed E-state index contributed by atoms with van der Waals surface area (Å²) >= 11 is 1.38. The van der Waals surface area contributed by atoms with Crippen molar-refractivity contribution in [2.75, 3.05) is 4.72 Å². The zero-order valence-corrected chi connectivity index (χ0v) is 5.48. The Morgan fingerprint density at radius 1 is 1.33 bits per heavy atom. The number of rotatable bonds is 0. The third-order valence-electron chi connectivity index (χ3n) is 1.20. The average Bonchev–Trinajstić information content (AvgIpc) is 2.33. The second kappa shape index (κ2) is 1.84. The number of nitrogens with zero attached hydrogens (tertiary/aromatic N) is 1. The van der Waals surface area contributed by atoms with E-state index < -0.39 is 0 Å². The van der Waals surface area contributed by atoms with Gasteiger partial charge in [0.15, 0.2) is 0 Å². The molecule has 0 atom stereocenters. The fourth-order valence-corrected chi connectivity index (χ4v) is 1.33. The molecule has 9 heavy (non-hydrogen) atoms. The number of benzene rings is 1. The van der Waals surface area contributed by atoms with Crippen LogP contribution < -0.4 is 9.44 Å². The zero-order valence-electron chi connectivity index (χ0n) is 4.66. The molecule has 45 valence electrons. The average molecular weight is 137 g/mol. The van der Waals surface area contributed by atoms with Crippen molar-refractivity contribution in [3.05, 3.63) is 24.3 Å². The molecule has 1 aromatic rings. The van der Waals surface area contributed by atoms with Gasteiger partial charge < -0.3 is 4.72 Å². The van der Waals surface area contributed by atoms with Gasteiger partial charge >= 0.3 is 0 Å². The summed E-state index contributed by atoms with van der Waals surface area (Å²) in [6.45, 7) is 0. The van der Waals surface area contributed by atoms with Crippen LogP contribution >= 0.6 is 12.1 Å². The molecule has 2 rings (SSSR count). The maximum atomic E-state index is 4.10. The van der Waals surface area contributed by atoms with E-state index in [9.17, 15) is 0 Å². The minimum atomic E-state index is 1.04. The van der Waals surface area contributed by atoms with E-state index in [-0.39, 0.29) is 0 Å². The minimum absolute atomic E-state index is 1.04. The number of hydrogen-bond acceptors (Lipinski definition) is 2. The second-order valence-corrected chi connectivity index (χ2v) is 2.37. The van der Waals surface area contributed by atoms with Crippen LogP contribution in [0.1, 0.15) is 0 Å². The van der Waals surface area contributed by atoms with E-state index in [4.69, 9.17) is 0 Å². The molecule has 0 aromatic heterocycles. The second-order valence-electron chi connectivity index (χ2n) is 1.80. The summed E-state index contributed by atoms with van der Waals surface area (Å²) in [6.07, 6.45) is 0. The molecular formula is C6H5N2S. The lowest BCUT2D eigenvalue weighted by atomic mass is 10.3. The third kappa shape index (κ3) is 0.733. The van der Waals surface area contributed by atoms with Crippen molar-refractivity contribution in [2.45, 2.75) is 0 Å². The monoisotopic (exact) mass is 137 g/mol. The Morgan fingerprint density at radius 3 is 3.11 bits per heavy atom. The maximum absolute atomic E-state index is 4.10. The molecule has 0 fully saturated rings. The lowest BCUT2D eigenvalue weighted by molar-refractivity contribution is 1.43. The molecule has 0 saturated carbocycles. The van der Waals surface area contributed by atoms with Crippen molar-refractivity contribution in [3.8, 4) is 0 Å². The maximum Gasteiger partial charge on any atom is 0.0972 e. The summed E-state index contributed by atoms with van der Waals surface area (Å²) in [4.78, 5) is 0. The largest absolute Gasteiger partial charge is 0.308 e. The van der Waals surface area contributed by atoms with Crippen LogP contribution in [0.3, 0.4) is 0 Å². The highest BCUT2D eigenvalue weighted by atomic mass is 32.2. The van der Waals surface area contributed by atoms with Crippen LogP contribution in [0.5, 0.6) is 0 Å². The molecule has 2 nitrogen and oxygen atoms in total. The van der Waals surface area contributed by atoms with Crippen LogP contribution in [0.2, 0.25) is 0 Å². The molecule has 1 aliphatic rings. The van der Waals surface area contributed by atoms with Gasteiger partial charge in [-0.1, -0.05) is 12.1 Å². The van der Waals surface area contributed by atoms with E-state index in [0.29, 0.717) is 0 Å². The van der Waals surface area contributed by atoms with E-state index in [1.165, 1.54) is 12.1 Å². The normalized spacial score (nSPS) is 13.8. The van der Waals surface area contributed by atoms with Gasteiger partial charge in [-0.25, -0.2) is 0 Å². The summed E-state index contributed by atoms with van der Waals surface area (Å²) in [5, 5.41) is 0. The zero-order chi connectivity index (χ0) is 6.10. The Morgan fingerprint density at radius 2 is 2.22 bits per heavy atom. The molecule has 1 aromatic carbocycles. The van der Waals surface area contributed by atoms with Gasteiger partial charge in [-0.2, -0.15) is 4.72 Å². The molecule has 1 N–H and O–H groups in total. The highest BCUT2D eigenvalue weighted by Crippen LogP contribution is 2.31. The van der Waals surface area contributed by atoms with Gasteiger partial charge in [0.25, 0.3) is 0 Å². The predicted molar refractivity (Wildman–Crippen MR) is 39.4 cm³/mol. The molecular weight excluding hydrogens is 132 g/mol. The SMILES string of the molecule is c1ccc2c(c1)[N]SN2. The van der Waals surface area contributed by atoms with Gasteiger partial charge in [0.05, 0.1) is 23.5 Å². The Labute approximate surface area is 57.9 Å². The molecule has 0 spiro atoms. The first-order chi connectivity index (χ1) is 4.47. The van der Waals surface area contributed by atoms with Crippen LogP contribution in [0, 0.1) is 0 Å². The van der Waals surface area contributed by atoms with Crippen molar-refractivity contribution >= 4 is 23.5 Å². The molecule has 1 radical (unpaired) electrons. The molecule has 0 aliphatic carbocycles. The number of hydrogen-bond donors (Lipinski definition) is 1. The highest BCUT2D eigenvalue weighted by molar-refractivity contribution is 7.99. The lowest BCUT2D eigenvalue weighted by Gasteiger charge is -1.90. The fraction of sp³-hybridized carbons (Fsp3) is 0. The topological polar surface area (TPSA) is 26.1 Å². The van der Waals surface area contributed by atoms with Gasteiger partial charge in [-0.05, 0) is 12.1 Å². The number of para-hydroxylation sites is 1. The molecule has 0 saturated heterocycles. The van der Waals surface area contributed by atoms with Gasteiger partial charge in [-0.3, -0.25) is 0 Å². The summed E-state index contributed by atoms with van der Waals surface area (Å²) in [7, 11) is 0. The van der Waals surface area contributed by atoms with Crippen LogP contribution in [0.25, 0.3) is 0 Å². The minimum Gasteiger partial charge on any atom is -0.308 e. The Balaban J connectivity index is 2.54. The van der Waals surface area contributed by atoms with E-state index >= 15 is 0 Å². The summed E-state index contributed by atoms with van der Waals surface area (Å²) in [5.74, 6) is 0. The van der Waals surface area contributed by atoms with Gasteiger partial charge in [0, 0.05) is 0 Å². The van der Waals surface area contributed by atoms with Crippen LogP contribution in [0.15, 0.2) is 24.3 Å². The van der Waals surface area contributed by atoms with E-state index in [0.717, 1.165) is 11.4 Å². The molecule has 0 unspecified atom stereocenters. The lowest BCUT2D eigenvalue weighted by Crippen LogP contribution is -1.73. The van der Waals surface area contributed by atoms with Crippen LogP contribution in [-0.2, 0) is 0 Å². The molecule has 0 amide bonds. The Kier molecular flexibility index (Phi) is 1.02. The first kappa shape index (κ1) is 4.99. The van der Waals surface area contributed by atoms with Crippen molar-refractivity contribution in [1.29, 1.82) is 0 Å². The predicted octanol–water partition coefficient (Wildman–Crippen LogP) is 1.91. The molecule has 0 bridgehead atoms. The first-order valence-corrected chi connectivity index (χ1v) is 3.46. The van der Waals surface area contributed by atoms with Crippen molar-refractivity contribution in [3.63, 3.8) is 0 Å². The smallest absolute Gasteiger partial charge is 0.0972 e. The van der Waals surface area contributed by atoms with Crippen molar-refractivity contribution in [1.82, 2.24) is 4.72 Å². The summed E-state index contributed by atoms with van der Waals surface area (Å²) in [5.41, 5.74) is 2.16. The summed E-state index contributed by atoms with van der Waals surface area (Å²) < 4.78 is 7.15. The Bertz CT molecular complexity index is 201. The fourth-order valence-electron chi connectivity index (χ4n) is 0.761. The van der Waals surface area contributed by atoms with Gasteiger partial charge in [0.2, 0.25) is 0 Å². The van der Waals surface area contributed by atoms with Crippen molar-refractivity contribution in [2.24, 2.45) is 0 Å². The highest BCUT2D eigenvalue weighted by Gasteiger charge is 2.08. The summed E-state index contributed by atoms with van der Waals surface area (Å²) in [6, 6.07) is 7.98. The van der Waals surface area contributed by atoms with Gasteiger partial charge in [0.1, 0.15) is 0 Å². The quantitative estimate of drug-likeness (QED) is 0.553. The van der Waals surface area contributed by atoms with Crippen LogP contribution in [0.4, 0.5) is 11.4 Å². The number of anilines is 1.